The molecule has 0 amide bonds. The molecule has 1 aromatic rings. The fraction of sp³-hybridized carbons (Fsp3) is 0.714. The molecule has 0 spiro atoms. The van der Waals surface area contributed by atoms with Gasteiger partial charge in [-0.1, -0.05) is 13.8 Å². The molecule has 0 fully saturated rings. The molecule has 1 aliphatic rings. The van der Waals surface area contributed by atoms with E-state index in [-0.39, 0.29) is 0 Å². The van der Waals surface area contributed by atoms with Gasteiger partial charge in [0.25, 0.3) is 0 Å². The minimum absolute atomic E-state index is 0.861. The van der Waals surface area contributed by atoms with Gasteiger partial charge in [-0.3, -0.25) is 0 Å². The molecular formula is C7H14N4. The van der Waals surface area contributed by atoms with Gasteiger partial charge < -0.3 is 5.32 Å². The monoisotopic (exact) mass is 154 g/mol. The van der Waals surface area contributed by atoms with E-state index in [2.05, 4.69) is 15.4 Å². The first-order valence-electron chi connectivity index (χ1n) is 4.04. The summed E-state index contributed by atoms with van der Waals surface area (Å²) >= 11 is 0. The Morgan fingerprint density at radius 2 is 2.36 bits per heavy atom. The average Bonchev–Trinajstić information content (AvgIpc) is 2.55. The first-order valence-corrected chi connectivity index (χ1v) is 4.04. The normalized spacial score (nSPS) is 14.7. The Kier molecular flexibility index (Phi) is 3.04. The van der Waals surface area contributed by atoms with E-state index in [1.165, 1.54) is 0 Å². The van der Waals surface area contributed by atoms with Gasteiger partial charge in [0.1, 0.15) is 12.2 Å². The fourth-order valence-electron chi connectivity index (χ4n) is 0.997. The predicted octanol–water partition coefficient (Wildman–Crippen LogP) is 0.408. The lowest BCUT2D eigenvalue weighted by atomic mass is 10.4. The predicted molar refractivity (Wildman–Crippen MR) is 43.1 cm³/mol. The molecule has 1 aliphatic heterocycles. The molecule has 1 aromatic heterocycles. The van der Waals surface area contributed by atoms with Crippen molar-refractivity contribution >= 4 is 0 Å². The van der Waals surface area contributed by atoms with Crippen LogP contribution in [0.4, 0.5) is 0 Å². The van der Waals surface area contributed by atoms with E-state index in [4.69, 9.17) is 0 Å². The minimum atomic E-state index is 0.861. The zero-order valence-electron chi connectivity index (χ0n) is 7.04. The highest BCUT2D eigenvalue weighted by Crippen LogP contribution is 1.96. The maximum Gasteiger partial charge on any atom is 0.140 e. The number of aromatic nitrogens is 3. The van der Waals surface area contributed by atoms with Crippen LogP contribution in [0.2, 0.25) is 0 Å². The molecule has 2 rings (SSSR count). The summed E-state index contributed by atoms with van der Waals surface area (Å²) < 4.78 is 1.93. The van der Waals surface area contributed by atoms with Crippen LogP contribution in [0.5, 0.6) is 0 Å². The Morgan fingerprint density at radius 3 is 3.09 bits per heavy atom. The largest absolute Gasteiger partial charge is 0.308 e. The highest BCUT2D eigenvalue weighted by molar-refractivity contribution is 4.86. The van der Waals surface area contributed by atoms with Gasteiger partial charge in [-0.25, -0.2) is 9.67 Å². The van der Waals surface area contributed by atoms with Crippen LogP contribution >= 0.6 is 0 Å². The molecule has 0 atom stereocenters. The first kappa shape index (κ1) is 8.20. The number of rotatable bonds is 0. The summed E-state index contributed by atoms with van der Waals surface area (Å²) in [6.45, 7) is 6.83. The van der Waals surface area contributed by atoms with E-state index in [1.807, 2.05) is 18.5 Å². The molecule has 2 heterocycles. The summed E-state index contributed by atoms with van der Waals surface area (Å²) in [5.41, 5.74) is 0. The van der Waals surface area contributed by atoms with Crippen LogP contribution in [0.1, 0.15) is 19.7 Å². The van der Waals surface area contributed by atoms with Crippen molar-refractivity contribution in [2.75, 3.05) is 6.54 Å². The van der Waals surface area contributed by atoms with E-state index in [0.29, 0.717) is 0 Å². The van der Waals surface area contributed by atoms with Crippen molar-refractivity contribution in [2.45, 2.75) is 26.9 Å². The fourth-order valence-corrected chi connectivity index (χ4v) is 0.997. The van der Waals surface area contributed by atoms with Gasteiger partial charge in [0.05, 0.1) is 13.1 Å². The van der Waals surface area contributed by atoms with E-state index < -0.39 is 0 Å². The highest BCUT2D eigenvalue weighted by atomic mass is 15.4. The van der Waals surface area contributed by atoms with Gasteiger partial charge in [0.15, 0.2) is 0 Å². The second-order valence-corrected chi connectivity index (χ2v) is 2.08. The van der Waals surface area contributed by atoms with Crippen LogP contribution in [-0.2, 0) is 13.1 Å². The Morgan fingerprint density at radius 1 is 1.55 bits per heavy atom. The summed E-state index contributed by atoms with van der Waals surface area (Å²) in [6.07, 6.45) is 1.60. The van der Waals surface area contributed by atoms with E-state index in [9.17, 15) is 0 Å². The van der Waals surface area contributed by atoms with E-state index >= 15 is 0 Å². The smallest absolute Gasteiger partial charge is 0.140 e. The molecule has 0 aliphatic carbocycles. The molecule has 0 unspecified atom stereocenters. The van der Waals surface area contributed by atoms with E-state index in [0.717, 1.165) is 25.5 Å². The van der Waals surface area contributed by atoms with Gasteiger partial charge >= 0.3 is 0 Å². The topological polar surface area (TPSA) is 42.7 Å². The van der Waals surface area contributed by atoms with Crippen molar-refractivity contribution < 1.29 is 0 Å². The molecule has 0 saturated carbocycles. The molecule has 4 nitrogen and oxygen atoms in total. The average molecular weight is 154 g/mol. The number of hydrogen-bond donors (Lipinski definition) is 1. The van der Waals surface area contributed by atoms with Gasteiger partial charge in [-0.15, -0.1) is 0 Å². The Labute approximate surface area is 66.6 Å². The Bertz CT molecular complexity index is 185. The van der Waals surface area contributed by atoms with Crippen LogP contribution in [0.3, 0.4) is 0 Å². The molecule has 1 N–H and O–H groups in total. The molecule has 11 heavy (non-hydrogen) atoms. The van der Waals surface area contributed by atoms with Crippen molar-refractivity contribution in [3.63, 3.8) is 0 Å². The number of hydrogen-bond acceptors (Lipinski definition) is 3. The lowest BCUT2D eigenvalue weighted by molar-refractivity contribution is 0.468. The van der Waals surface area contributed by atoms with Crippen LogP contribution in [-0.4, -0.2) is 21.3 Å². The van der Waals surface area contributed by atoms with E-state index in [1.54, 1.807) is 6.33 Å². The lowest BCUT2D eigenvalue weighted by Gasteiger charge is -2.11. The zero-order valence-corrected chi connectivity index (χ0v) is 7.04. The Balaban J connectivity index is 0.000000281. The summed E-state index contributed by atoms with van der Waals surface area (Å²) in [5, 5.41) is 7.23. The number of nitrogens with zero attached hydrogens (tertiary/aromatic N) is 3. The van der Waals surface area contributed by atoms with Crippen molar-refractivity contribution in [3.05, 3.63) is 12.2 Å². The summed E-state index contributed by atoms with van der Waals surface area (Å²) in [4.78, 5) is 4.05. The van der Waals surface area contributed by atoms with Crippen LogP contribution in [0.25, 0.3) is 0 Å². The second-order valence-electron chi connectivity index (χ2n) is 2.08. The molecule has 62 valence electrons. The maximum atomic E-state index is 4.05. The minimum Gasteiger partial charge on any atom is -0.308 e. The summed E-state index contributed by atoms with van der Waals surface area (Å²) in [7, 11) is 0. The van der Waals surface area contributed by atoms with Gasteiger partial charge in [0, 0.05) is 6.54 Å². The van der Waals surface area contributed by atoms with Crippen molar-refractivity contribution in [1.82, 2.24) is 20.1 Å². The molecule has 0 bridgehead atoms. The SMILES string of the molecule is CC.c1nc2n(n1)CCNC2. The third kappa shape index (κ3) is 1.77. The first-order chi connectivity index (χ1) is 5.47. The number of nitrogens with one attached hydrogen (secondary N) is 1. The van der Waals surface area contributed by atoms with Crippen molar-refractivity contribution in [3.8, 4) is 0 Å². The third-order valence-electron chi connectivity index (χ3n) is 1.48. The van der Waals surface area contributed by atoms with Crippen molar-refractivity contribution in [1.29, 1.82) is 0 Å². The molecule has 4 heteroatoms. The molecule has 0 radical (unpaired) electrons. The lowest BCUT2D eigenvalue weighted by Crippen LogP contribution is -2.28. The van der Waals surface area contributed by atoms with Gasteiger partial charge in [-0.05, 0) is 0 Å². The third-order valence-corrected chi connectivity index (χ3v) is 1.48. The van der Waals surface area contributed by atoms with Crippen LogP contribution < -0.4 is 5.32 Å². The quantitative estimate of drug-likeness (QED) is 0.588. The van der Waals surface area contributed by atoms with Crippen LogP contribution in [0.15, 0.2) is 6.33 Å². The van der Waals surface area contributed by atoms with Gasteiger partial charge in [-0.2, -0.15) is 5.10 Å². The number of fused-ring (bicyclic) bond motifs is 1. The van der Waals surface area contributed by atoms with Crippen LogP contribution in [0, 0.1) is 0 Å². The molecular weight excluding hydrogens is 140 g/mol. The van der Waals surface area contributed by atoms with Gasteiger partial charge in [0.2, 0.25) is 0 Å². The Hall–Kier alpha value is -0.900. The highest BCUT2D eigenvalue weighted by Gasteiger charge is 2.07. The summed E-state index contributed by atoms with van der Waals surface area (Å²) in [6, 6.07) is 0. The van der Waals surface area contributed by atoms with Crippen molar-refractivity contribution in [2.24, 2.45) is 0 Å². The second kappa shape index (κ2) is 4.08. The summed E-state index contributed by atoms with van der Waals surface area (Å²) in [5.74, 6) is 1.04. The standard InChI is InChI=1S/C5H8N4.C2H6/c1-2-9-5(3-6-1)7-4-8-9;1-2/h4,6H,1-3H2;1-2H3. The molecule has 0 saturated heterocycles. The molecule has 0 aromatic carbocycles. The zero-order chi connectivity index (χ0) is 8.10. The maximum absolute atomic E-state index is 4.05.